The van der Waals surface area contributed by atoms with Crippen molar-refractivity contribution in [2.24, 2.45) is 5.92 Å². The third-order valence-corrected chi connectivity index (χ3v) is 7.28. The molecule has 3 aliphatic rings. The average molecular weight is 298 g/mol. The summed E-state index contributed by atoms with van der Waals surface area (Å²) in [5, 5.41) is -0.153. The topological polar surface area (TPSA) is 40.6 Å². The lowest BCUT2D eigenvalue weighted by Crippen LogP contribution is -2.39. The van der Waals surface area contributed by atoms with Crippen molar-refractivity contribution < 1.29 is 8.42 Å². The molecule has 0 spiro atoms. The standard InChI is InChI=1S/C15H26N2O2S/c18-20(19,17-9-4-5-10-17)15-8-11-16(13-15)12-14-6-2-1-3-7-14/h1-2,14-15H,3-13H2. The smallest absolute Gasteiger partial charge is 0.218 e. The van der Waals surface area contributed by atoms with Crippen LogP contribution in [0, 0.1) is 5.92 Å². The van der Waals surface area contributed by atoms with Gasteiger partial charge in [-0.25, -0.2) is 12.7 Å². The first-order valence-electron chi connectivity index (χ1n) is 8.02. The molecule has 0 radical (unpaired) electrons. The van der Waals surface area contributed by atoms with Crippen molar-refractivity contribution in [1.29, 1.82) is 0 Å². The minimum absolute atomic E-state index is 0.153. The molecule has 0 aromatic heterocycles. The molecule has 2 saturated heterocycles. The predicted molar refractivity (Wildman–Crippen MR) is 81.1 cm³/mol. The Kier molecular flexibility index (Phi) is 4.48. The molecular weight excluding hydrogens is 272 g/mol. The first kappa shape index (κ1) is 14.5. The quantitative estimate of drug-likeness (QED) is 0.744. The molecule has 0 bridgehead atoms. The molecule has 20 heavy (non-hydrogen) atoms. The van der Waals surface area contributed by atoms with Gasteiger partial charge in [0.15, 0.2) is 0 Å². The van der Waals surface area contributed by atoms with Crippen LogP contribution in [0.5, 0.6) is 0 Å². The van der Waals surface area contributed by atoms with Crippen LogP contribution in [0.3, 0.4) is 0 Å². The van der Waals surface area contributed by atoms with E-state index in [0.717, 1.165) is 57.9 Å². The second-order valence-corrected chi connectivity index (χ2v) is 8.68. The van der Waals surface area contributed by atoms with Gasteiger partial charge in [0.25, 0.3) is 0 Å². The SMILES string of the molecule is O=S(=O)(C1CCN(CC2CC=CCC2)C1)N1CCCC1. The maximum atomic E-state index is 12.6. The third kappa shape index (κ3) is 3.10. The number of rotatable bonds is 4. The fraction of sp³-hybridized carbons (Fsp3) is 0.867. The highest BCUT2D eigenvalue weighted by Gasteiger charge is 2.38. The molecule has 0 saturated carbocycles. The summed E-state index contributed by atoms with van der Waals surface area (Å²) in [5.74, 6) is 0.730. The number of hydrogen-bond donors (Lipinski definition) is 0. The van der Waals surface area contributed by atoms with Crippen LogP contribution in [0.2, 0.25) is 0 Å². The van der Waals surface area contributed by atoms with E-state index < -0.39 is 10.0 Å². The minimum atomic E-state index is -3.03. The summed E-state index contributed by atoms with van der Waals surface area (Å²) in [6, 6.07) is 0. The van der Waals surface area contributed by atoms with Gasteiger partial charge in [-0.2, -0.15) is 0 Å². The summed E-state index contributed by atoms with van der Waals surface area (Å²) in [6.07, 6.45) is 11.0. The van der Waals surface area contributed by atoms with Crippen LogP contribution >= 0.6 is 0 Å². The Labute approximate surface area is 122 Å². The molecule has 2 atom stereocenters. The van der Waals surface area contributed by atoms with E-state index in [-0.39, 0.29) is 5.25 Å². The van der Waals surface area contributed by atoms with Crippen molar-refractivity contribution >= 4 is 10.0 Å². The lowest BCUT2D eigenvalue weighted by atomic mass is 9.94. The minimum Gasteiger partial charge on any atom is -0.302 e. The lowest BCUT2D eigenvalue weighted by molar-refractivity contribution is 0.266. The van der Waals surface area contributed by atoms with E-state index in [1.54, 1.807) is 4.31 Å². The molecule has 2 heterocycles. The highest BCUT2D eigenvalue weighted by molar-refractivity contribution is 7.89. The Morgan fingerprint density at radius 2 is 1.85 bits per heavy atom. The predicted octanol–water partition coefficient (Wildman–Crippen LogP) is 1.84. The molecule has 2 aliphatic heterocycles. The van der Waals surface area contributed by atoms with Crippen LogP contribution < -0.4 is 0 Å². The molecule has 0 amide bonds. The van der Waals surface area contributed by atoms with Gasteiger partial charge in [-0.05, 0) is 51.0 Å². The van der Waals surface area contributed by atoms with E-state index in [0.29, 0.717) is 0 Å². The van der Waals surface area contributed by atoms with Crippen molar-refractivity contribution in [1.82, 2.24) is 9.21 Å². The van der Waals surface area contributed by atoms with Crippen molar-refractivity contribution in [2.45, 2.75) is 43.8 Å². The van der Waals surface area contributed by atoms with Crippen LogP contribution in [0.4, 0.5) is 0 Å². The molecule has 114 valence electrons. The molecule has 0 aromatic carbocycles. The highest BCUT2D eigenvalue weighted by Crippen LogP contribution is 2.26. The molecule has 0 N–H and O–H groups in total. The average Bonchev–Trinajstić information content (AvgIpc) is 3.11. The zero-order valence-corrected chi connectivity index (χ0v) is 13.0. The number of nitrogens with zero attached hydrogens (tertiary/aromatic N) is 2. The number of hydrogen-bond acceptors (Lipinski definition) is 3. The Balaban J connectivity index is 1.54. The molecule has 4 nitrogen and oxygen atoms in total. The van der Waals surface area contributed by atoms with Crippen molar-refractivity contribution in [2.75, 3.05) is 32.7 Å². The Morgan fingerprint density at radius 3 is 2.55 bits per heavy atom. The summed E-state index contributed by atoms with van der Waals surface area (Å²) in [5.41, 5.74) is 0. The largest absolute Gasteiger partial charge is 0.302 e. The van der Waals surface area contributed by atoms with Gasteiger partial charge in [0.05, 0.1) is 5.25 Å². The summed E-state index contributed by atoms with van der Waals surface area (Å²) >= 11 is 0. The van der Waals surface area contributed by atoms with Gasteiger partial charge in [-0.3, -0.25) is 0 Å². The third-order valence-electron chi connectivity index (χ3n) is 4.97. The number of sulfonamides is 1. The summed E-state index contributed by atoms with van der Waals surface area (Å²) < 4.78 is 26.8. The fourth-order valence-corrected chi connectivity index (χ4v) is 5.74. The summed E-state index contributed by atoms with van der Waals surface area (Å²) in [6.45, 7) is 4.27. The molecule has 5 heteroatoms. The normalized spacial score (nSPS) is 33.0. The first-order chi connectivity index (χ1) is 9.66. The van der Waals surface area contributed by atoms with E-state index >= 15 is 0 Å². The van der Waals surface area contributed by atoms with Crippen molar-refractivity contribution in [3.8, 4) is 0 Å². The zero-order valence-electron chi connectivity index (χ0n) is 12.2. The first-order valence-corrected chi connectivity index (χ1v) is 9.53. The van der Waals surface area contributed by atoms with Crippen LogP contribution in [-0.2, 0) is 10.0 Å². The molecule has 0 aromatic rings. The van der Waals surface area contributed by atoms with E-state index in [1.807, 2.05) is 0 Å². The van der Waals surface area contributed by atoms with Gasteiger partial charge in [-0.1, -0.05) is 12.2 Å². The molecule has 2 fully saturated rings. The Morgan fingerprint density at radius 1 is 1.05 bits per heavy atom. The van der Waals surface area contributed by atoms with E-state index in [2.05, 4.69) is 17.1 Å². The number of likely N-dealkylation sites (tertiary alicyclic amines) is 1. The van der Waals surface area contributed by atoms with Crippen LogP contribution in [-0.4, -0.2) is 55.6 Å². The van der Waals surface area contributed by atoms with Gasteiger partial charge < -0.3 is 4.90 Å². The van der Waals surface area contributed by atoms with Gasteiger partial charge in [0, 0.05) is 26.2 Å². The van der Waals surface area contributed by atoms with Gasteiger partial charge in [0.1, 0.15) is 0 Å². The lowest BCUT2D eigenvalue weighted by Gasteiger charge is -2.25. The Bertz CT molecular complexity index is 454. The molecule has 2 unspecified atom stereocenters. The van der Waals surface area contributed by atoms with Gasteiger partial charge in [-0.15, -0.1) is 0 Å². The second-order valence-electron chi connectivity index (χ2n) is 6.47. The summed E-state index contributed by atoms with van der Waals surface area (Å²) in [4.78, 5) is 2.38. The van der Waals surface area contributed by atoms with E-state index in [9.17, 15) is 8.42 Å². The van der Waals surface area contributed by atoms with Crippen molar-refractivity contribution in [3.63, 3.8) is 0 Å². The maximum Gasteiger partial charge on any atom is 0.218 e. The molecule has 3 rings (SSSR count). The monoisotopic (exact) mass is 298 g/mol. The second kappa shape index (κ2) is 6.16. The van der Waals surface area contributed by atoms with Gasteiger partial charge in [0.2, 0.25) is 10.0 Å². The maximum absolute atomic E-state index is 12.6. The molecule has 1 aliphatic carbocycles. The number of allylic oxidation sites excluding steroid dienone is 2. The Hall–Kier alpha value is -0.390. The van der Waals surface area contributed by atoms with E-state index in [4.69, 9.17) is 0 Å². The summed E-state index contributed by atoms with van der Waals surface area (Å²) in [7, 11) is -3.03. The van der Waals surface area contributed by atoms with Gasteiger partial charge >= 0.3 is 0 Å². The van der Waals surface area contributed by atoms with Crippen LogP contribution in [0.1, 0.15) is 38.5 Å². The molecular formula is C15H26N2O2S. The van der Waals surface area contributed by atoms with Crippen LogP contribution in [0.25, 0.3) is 0 Å². The van der Waals surface area contributed by atoms with Crippen molar-refractivity contribution in [3.05, 3.63) is 12.2 Å². The van der Waals surface area contributed by atoms with Crippen LogP contribution in [0.15, 0.2) is 12.2 Å². The van der Waals surface area contributed by atoms with E-state index in [1.165, 1.54) is 19.3 Å². The highest BCUT2D eigenvalue weighted by atomic mass is 32.2. The zero-order chi connectivity index (χ0) is 14.0. The fourth-order valence-electron chi connectivity index (χ4n) is 3.75.